The quantitative estimate of drug-likeness (QED) is 0.511. The maximum Gasteiger partial charge on any atom is 0.231 e. The molecule has 0 radical (unpaired) electrons. The smallest absolute Gasteiger partial charge is 0.231 e. The van der Waals surface area contributed by atoms with Gasteiger partial charge in [0, 0.05) is 60.4 Å². The van der Waals surface area contributed by atoms with Crippen molar-refractivity contribution in [1.82, 2.24) is 19.7 Å². The van der Waals surface area contributed by atoms with Crippen LogP contribution in [0.1, 0.15) is 48.4 Å². The number of fused-ring (bicyclic) bond motifs is 3. The van der Waals surface area contributed by atoms with Crippen LogP contribution >= 0.6 is 11.6 Å². The molecule has 1 aliphatic carbocycles. The van der Waals surface area contributed by atoms with Crippen LogP contribution in [0.25, 0.3) is 10.9 Å². The van der Waals surface area contributed by atoms with Crippen LogP contribution in [0.3, 0.4) is 0 Å². The average molecular weight is 493 g/mol. The number of aromatic amines is 1. The van der Waals surface area contributed by atoms with Gasteiger partial charge in [-0.15, -0.1) is 0 Å². The van der Waals surface area contributed by atoms with Crippen LogP contribution in [-0.2, 0) is 16.8 Å². The van der Waals surface area contributed by atoms with Gasteiger partial charge in [-0.05, 0) is 75.5 Å². The van der Waals surface area contributed by atoms with Gasteiger partial charge in [-0.3, -0.25) is 9.69 Å². The Morgan fingerprint density at radius 2 is 1.86 bits per heavy atom. The van der Waals surface area contributed by atoms with Crippen molar-refractivity contribution < 1.29 is 4.79 Å². The number of hydrogen-bond acceptors (Lipinski definition) is 3. The lowest BCUT2D eigenvalue weighted by Crippen LogP contribution is -2.51. The lowest BCUT2D eigenvalue weighted by Gasteiger charge is -2.47. The topological polar surface area (TPSA) is 42.6 Å². The van der Waals surface area contributed by atoms with Gasteiger partial charge in [-0.1, -0.05) is 41.9 Å². The summed E-state index contributed by atoms with van der Waals surface area (Å²) in [6, 6.07) is 16.9. The lowest BCUT2D eigenvalue weighted by molar-refractivity contribution is -0.132. The van der Waals surface area contributed by atoms with Gasteiger partial charge in [0.2, 0.25) is 5.91 Å². The van der Waals surface area contributed by atoms with Crippen molar-refractivity contribution >= 4 is 28.4 Å². The van der Waals surface area contributed by atoms with Crippen molar-refractivity contribution in [3.63, 3.8) is 0 Å². The number of piperidine rings is 1. The number of rotatable bonds is 6. The fourth-order valence-electron chi connectivity index (χ4n) is 6.24. The zero-order valence-electron chi connectivity index (χ0n) is 21.2. The molecule has 6 heteroatoms. The average Bonchev–Trinajstić information content (AvgIpc) is 3.25. The number of likely N-dealkylation sites (N-methyl/N-ethyl adjacent to an activating group) is 1. The predicted molar refractivity (Wildman–Crippen MR) is 144 cm³/mol. The number of H-pyrrole nitrogens is 1. The van der Waals surface area contributed by atoms with E-state index in [0.29, 0.717) is 0 Å². The van der Waals surface area contributed by atoms with Gasteiger partial charge in [-0.25, -0.2) is 0 Å². The molecule has 2 heterocycles. The van der Waals surface area contributed by atoms with Crippen molar-refractivity contribution in [2.75, 3.05) is 47.3 Å². The van der Waals surface area contributed by atoms with E-state index in [9.17, 15) is 4.79 Å². The van der Waals surface area contributed by atoms with E-state index in [1.54, 1.807) is 0 Å². The molecule has 1 amide bonds. The molecule has 0 saturated carbocycles. The highest BCUT2D eigenvalue weighted by atomic mass is 35.5. The van der Waals surface area contributed by atoms with Gasteiger partial charge in [0.1, 0.15) is 0 Å². The van der Waals surface area contributed by atoms with E-state index in [4.69, 9.17) is 11.6 Å². The number of aryl methyl sites for hydroxylation is 1. The lowest BCUT2D eigenvalue weighted by atomic mass is 9.80. The highest BCUT2D eigenvalue weighted by Gasteiger charge is 2.38. The Morgan fingerprint density at radius 1 is 1.11 bits per heavy atom. The van der Waals surface area contributed by atoms with Crippen LogP contribution in [0.15, 0.2) is 48.5 Å². The number of halogens is 1. The molecule has 5 rings (SSSR count). The molecule has 1 N–H and O–H groups in total. The summed E-state index contributed by atoms with van der Waals surface area (Å²) in [6.45, 7) is 3.77. The molecule has 1 unspecified atom stereocenters. The zero-order valence-corrected chi connectivity index (χ0v) is 21.9. The molecule has 1 aliphatic heterocycles. The van der Waals surface area contributed by atoms with Crippen molar-refractivity contribution in [2.45, 2.75) is 43.6 Å². The van der Waals surface area contributed by atoms with Gasteiger partial charge in [0.05, 0.1) is 5.92 Å². The molecule has 1 aromatic heterocycles. The number of aromatic nitrogens is 1. The highest BCUT2D eigenvalue weighted by Crippen LogP contribution is 2.39. The Balaban J connectivity index is 1.21. The minimum absolute atomic E-state index is 0.0873. The number of nitrogens with one attached hydrogen (secondary N) is 1. The molecule has 35 heavy (non-hydrogen) atoms. The van der Waals surface area contributed by atoms with Gasteiger partial charge in [0.25, 0.3) is 0 Å². The SMILES string of the molecule is CN(CCN1CCC(c2ccccc2)(N(C)C)CC1)C(=O)C1CCCc2c1[nH]c1ccc(Cl)cc21. The van der Waals surface area contributed by atoms with E-state index in [-0.39, 0.29) is 17.4 Å². The maximum absolute atomic E-state index is 13.5. The number of benzene rings is 2. The van der Waals surface area contributed by atoms with E-state index in [0.717, 1.165) is 74.5 Å². The summed E-state index contributed by atoms with van der Waals surface area (Å²) < 4.78 is 0. The van der Waals surface area contributed by atoms with Crippen molar-refractivity contribution in [3.8, 4) is 0 Å². The summed E-state index contributed by atoms with van der Waals surface area (Å²) in [5.41, 5.74) is 4.96. The first-order chi connectivity index (χ1) is 16.9. The summed E-state index contributed by atoms with van der Waals surface area (Å²) in [4.78, 5) is 23.9. The Kier molecular flexibility index (Phi) is 6.93. The van der Waals surface area contributed by atoms with Crippen LogP contribution in [0, 0.1) is 0 Å². The number of carbonyl (C=O) groups excluding carboxylic acids is 1. The second-order valence-corrected chi connectivity index (χ2v) is 11.0. The normalized spacial score (nSPS) is 20.2. The molecule has 0 bridgehead atoms. The number of hydrogen-bond donors (Lipinski definition) is 1. The molecule has 3 aromatic rings. The summed E-state index contributed by atoms with van der Waals surface area (Å²) in [6.07, 6.45) is 5.15. The van der Waals surface area contributed by atoms with Crippen molar-refractivity contribution in [1.29, 1.82) is 0 Å². The van der Waals surface area contributed by atoms with Crippen LogP contribution in [0.5, 0.6) is 0 Å². The molecule has 2 aliphatic rings. The fraction of sp³-hybridized carbons (Fsp3) is 0.483. The van der Waals surface area contributed by atoms with Gasteiger partial charge in [0.15, 0.2) is 0 Å². The number of likely N-dealkylation sites (tertiary alicyclic amines) is 1. The van der Waals surface area contributed by atoms with Crippen LogP contribution < -0.4 is 0 Å². The Morgan fingerprint density at radius 3 is 2.57 bits per heavy atom. The van der Waals surface area contributed by atoms with Gasteiger partial charge in [-0.2, -0.15) is 0 Å². The number of nitrogens with zero attached hydrogens (tertiary/aromatic N) is 3. The van der Waals surface area contributed by atoms with E-state index < -0.39 is 0 Å². The third-order valence-electron chi connectivity index (χ3n) is 8.45. The maximum atomic E-state index is 13.5. The number of carbonyl (C=O) groups is 1. The van der Waals surface area contributed by atoms with Crippen LogP contribution in [-0.4, -0.2) is 72.9 Å². The first kappa shape index (κ1) is 24.4. The monoisotopic (exact) mass is 492 g/mol. The Labute approximate surface area is 214 Å². The molecule has 0 spiro atoms. The Hall–Kier alpha value is -2.34. The standard InChI is InChI=1S/C29H37ClN4O/c1-32(2)29(21-8-5-4-6-9-21)14-16-34(17-15-29)19-18-33(3)28(35)24-11-7-10-23-25-20-22(30)12-13-26(25)31-27(23)24/h4-6,8-9,12-13,20,24,31H,7,10-11,14-19H2,1-3H3. The number of amides is 1. The molecule has 186 valence electrons. The summed E-state index contributed by atoms with van der Waals surface area (Å²) in [5.74, 6) is 0.142. The summed E-state index contributed by atoms with van der Waals surface area (Å²) in [7, 11) is 6.37. The third kappa shape index (κ3) is 4.62. The molecule has 1 fully saturated rings. The second kappa shape index (κ2) is 9.96. The predicted octanol–water partition coefficient (Wildman–Crippen LogP) is 5.25. The molecule has 1 saturated heterocycles. The van der Waals surface area contributed by atoms with Crippen molar-refractivity contribution in [2.24, 2.45) is 0 Å². The van der Waals surface area contributed by atoms with Gasteiger partial charge < -0.3 is 14.8 Å². The van der Waals surface area contributed by atoms with Crippen molar-refractivity contribution in [3.05, 3.63) is 70.4 Å². The van der Waals surface area contributed by atoms with E-state index >= 15 is 0 Å². The van der Waals surface area contributed by atoms with Gasteiger partial charge >= 0.3 is 0 Å². The molecule has 2 aromatic carbocycles. The summed E-state index contributed by atoms with van der Waals surface area (Å²) in [5, 5.41) is 1.92. The minimum Gasteiger partial charge on any atom is -0.357 e. The first-order valence-electron chi connectivity index (χ1n) is 12.9. The second-order valence-electron chi connectivity index (χ2n) is 10.5. The molecule has 5 nitrogen and oxygen atoms in total. The minimum atomic E-state index is -0.0873. The molecule has 1 atom stereocenters. The first-order valence-corrected chi connectivity index (χ1v) is 13.3. The van der Waals surface area contributed by atoms with Crippen LogP contribution in [0.4, 0.5) is 0 Å². The van der Waals surface area contributed by atoms with E-state index in [1.165, 1.54) is 16.5 Å². The fourth-order valence-corrected chi connectivity index (χ4v) is 6.41. The highest BCUT2D eigenvalue weighted by molar-refractivity contribution is 6.31. The molecular weight excluding hydrogens is 456 g/mol. The van der Waals surface area contributed by atoms with E-state index in [2.05, 4.69) is 59.2 Å². The zero-order chi connectivity index (χ0) is 24.6. The van der Waals surface area contributed by atoms with E-state index in [1.807, 2.05) is 30.1 Å². The van der Waals surface area contributed by atoms with Crippen LogP contribution in [0.2, 0.25) is 5.02 Å². The third-order valence-corrected chi connectivity index (χ3v) is 8.68. The summed E-state index contributed by atoms with van der Waals surface area (Å²) >= 11 is 6.26. The largest absolute Gasteiger partial charge is 0.357 e. The Bertz CT molecular complexity index is 1180. The molecular formula is C29H37ClN4O.